The number of aromatic nitrogens is 5. The van der Waals surface area contributed by atoms with Crippen molar-refractivity contribution in [2.24, 2.45) is 0 Å². The van der Waals surface area contributed by atoms with E-state index in [1.54, 1.807) is 6.92 Å². The fraction of sp³-hybridized carbons (Fsp3) is 0.353. The normalized spacial score (nSPS) is 12.2. The van der Waals surface area contributed by atoms with E-state index < -0.39 is 16.0 Å². The molecule has 5 rings (SSSR count). The summed E-state index contributed by atoms with van der Waals surface area (Å²) < 4.78 is 19.3. The number of carbonyl (C=O) groups is 1. The molecule has 0 atom stereocenters. The van der Waals surface area contributed by atoms with Gasteiger partial charge in [0.15, 0.2) is 5.69 Å². The monoisotopic (exact) mass is 615 g/mol. The zero-order chi connectivity index (χ0) is 31.3. The molecular formula is C34H41N5O4S. The Labute approximate surface area is 260 Å². The molecule has 10 heteroatoms. The summed E-state index contributed by atoms with van der Waals surface area (Å²) in [5.74, 6) is 1.76. The number of ether oxygens (including phenoxy) is 3. The van der Waals surface area contributed by atoms with Crippen LogP contribution >= 0.6 is 10.0 Å². The lowest BCUT2D eigenvalue weighted by Gasteiger charge is -2.24. The molecule has 2 aromatic carbocycles. The molecule has 9 nitrogen and oxygen atoms in total. The molecule has 1 N–H and O–H groups in total. The van der Waals surface area contributed by atoms with E-state index in [4.69, 9.17) is 14.2 Å². The SMILES string of the molecule is CCOC(=O)c1[nH]nc(-c2ncnc3c2ccn3COCCS(C)(C)C)c1-c1ccc(OCc2ccc(C(C)C)cc2)cc1. The standard InChI is InChI=1S/C34H41N5O4S/c1-7-42-34(40)32-29(26-12-14-27(15-13-26)43-20-24-8-10-25(11-9-24)23(2)3)31(37-38-32)30-28-16-17-39(33(28)36-21-35-30)22-41-18-19-44(4,5)6/h8-17,21,23H,7,18-20,22H2,1-6H3,(H,37,38). The lowest BCUT2D eigenvalue weighted by molar-refractivity contribution is 0.0520. The molecule has 0 aliphatic heterocycles. The third kappa shape index (κ3) is 7.31. The molecule has 0 aliphatic rings. The van der Waals surface area contributed by atoms with Gasteiger partial charge in [0.05, 0.1) is 13.2 Å². The summed E-state index contributed by atoms with van der Waals surface area (Å²) in [5.41, 5.74) is 5.93. The molecule has 44 heavy (non-hydrogen) atoms. The van der Waals surface area contributed by atoms with Gasteiger partial charge in [0.2, 0.25) is 0 Å². The molecule has 0 saturated heterocycles. The third-order valence-corrected chi connectivity index (χ3v) is 8.68. The van der Waals surface area contributed by atoms with E-state index in [9.17, 15) is 4.79 Å². The van der Waals surface area contributed by atoms with E-state index in [1.165, 1.54) is 11.9 Å². The highest BCUT2D eigenvalue weighted by atomic mass is 32.3. The highest BCUT2D eigenvalue weighted by Crippen LogP contribution is 2.37. The van der Waals surface area contributed by atoms with Crippen LogP contribution in [-0.2, 0) is 22.8 Å². The Bertz CT molecular complexity index is 1700. The molecule has 0 unspecified atom stereocenters. The lowest BCUT2D eigenvalue weighted by Crippen LogP contribution is -2.09. The van der Waals surface area contributed by atoms with Crippen LogP contribution in [0.5, 0.6) is 5.75 Å². The first-order valence-electron chi connectivity index (χ1n) is 14.8. The van der Waals surface area contributed by atoms with Crippen LogP contribution < -0.4 is 4.74 Å². The highest BCUT2D eigenvalue weighted by Gasteiger charge is 2.25. The second kappa shape index (κ2) is 13.7. The third-order valence-electron chi connectivity index (χ3n) is 7.29. The lowest BCUT2D eigenvalue weighted by atomic mass is 10.00. The van der Waals surface area contributed by atoms with Gasteiger partial charge < -0.3 is 18.8 Å². The maximum Gasteiger partial charge on any atom is 0.357 e. The van der Waals surface area contributed by atoms with Crippen LogP contribution in [0.1, 0.15) is 48.3 Å². The number of carbonyl (C=O) groups excluding carboxylic acids is 1. The number of fused-ring (bicyclic) bond motifs is 1. The number of nitrogens with zero attached hydrogens (tertiary/aromatic N) is 4. The largest absolute Gasteiger partial charge is 0.489 e. The van der Waals surface area contributed by atoms with Crippen LogP contribution in [0.25, 0.3) is 33.5 Å². The van der Waals surface area contributed by atoms with E-state index in [0.717, 1.165) is 33.7 Å². The molecule has 0 aliphatic carbocycles. The highest BCUT2D eigenvalue weighted by molar-refractivity contribution is 8.32. The number of aromatic amines is 1. The summed E-state index contributed by atoms with van der Waals surface area (Å²) in [6.45, 7) is 7.92. The van der Waals surface area contributed by atoms with Crippen molar-refractivity contribution in [2.75, 3.05) is 37.7 Å². The maximum atomic E-state index is 13.0. The summed E-state index contributed by atoms with van der Waals surface area (Å²) >= 11 is 0. The summed E-state index contributed by atoms with van der Waals surface area (Å²) in [7, 11) is -0.631. The van der Waals surface area contributed by atoms with E-state index >= 15 is 0 Å². The Hall–Kier alpha value is -4.15. The summed E-state index contributed by atoms with van der Waals surface area (Å²) in [6.07, 6.45) is 10.3. The van der Waals surface area contributed by atoms with Crippen LogP contribution in [0.2, 0.25) is 0 Å². The Balaban J connectivity index is 1.42. The molecule has 3 heterocycles. The minimum Gasteiger partial charge on any atom is -0.489 e. The van der Waals surface area contributed by atoms with Crippen LogP contribution in [0.4, 0.5) is 0 Å². The van der Waals surface area contributed by atoms with Crippen LogP contribution in [0.3, 0.4) is 0 Å². The number of hydrogen-bond acceptors (Lipinski definition) is 7. The summed E-state index contributed by atoms with van der Waals surface area (Å²) in [5, 5.41) is 8.28. The molecular weight excluding hydrogens is 574 g/mol. The number of H-pyrrole nitrogens is 1. The minimum atomic E-state index is -0.631. The van der Waals surface area contributed by atoms with Gasteiger partial charge in [0.25, 0.3) is 0 Å². The van der Waals surface area contributed by atoms with Crippen molar-refractivity contribution < 1.29 is 19.0 Å². The number of nitrogens with one attached hydrogen (secondary N) is 1. The van der Waals surface area contributed by atoms with Crippen molar-refractivity contribution in [3.8, 4) is 28.3 Å². The Morgan fingerprint density at radius 2 is 1.73 bits per heavy atom. The first kappa shape index (κ1) is 31.3. The van der Waals surface area contributed by atoms with Crippen molar-refractivity contribution in [1.29, 1.82) is 0 Å². The van der Waals surface area contributed by atoms with Gasteiger partial charge in [0, 0.05) is 22.9 Å². The molecule has 0 bridgehead atoms. The predicted octanol–water partition coefficient (Wildman–Crippen LogP) is 7.04. The quantitative estimate of drug-likeness (QED) is 0.112. The smallest absolute Gasteiger partial charge is 0.357 e. The fourth-order valence-electron chi connectivity index (χ4n) is 4.80. The minimum absolute atomic E-state index is 0.245. The Morgan fingerprint density at radius 1 is 0.977 bits per heavy atom. The molecule has 232 valence electrons. The second-order valence-corrected chi connectivity index (χ2v) is 16.4. The molecule has 0 radical (unpaired) electrons. The average Bonchev–Trinajstić information content (AvgIpc) is 3.63. The van der Waals surface area contributed by atoms with Crippen molar-refractivity contribution in [3.63, 3.8) is 0 Å². The first-order valence-corrected chi connectivity index (χ1v) is 17.8. The van der Waals surface area contributed by atoms with Crippen LogP contribution in [-0.4, -0.2) is 68.4 Å². The number of hydrogen-bond donors (Lipinski definition) is 1. The number of rotatable bonds is 13. The molecule has 0 spiro atoms. The van der Waals surface area contributed by atoms with Gasteiger partial charge in [-0.2, -0.15) is 5.10 Å². The Morgan fingerprint density at radius 3 is 2.41 bits per heavy atom. The first-order chi connectivity index (χ1) is 21.1. The maximum absolute atomic E-state index is 13.0. The molecule has 0 fully saturated rings. The fourth-order valence-corrected chi connectivity index (χ4v) is 5.41. The number of benzene rings is 2. The van der Waals surface area contributed by atoms with Crippen molar-refractivity contribution >= 4 is 27.0 Å². The predicted molar refractivity (Wildman–Crippen MR) is 178 cm³/mol. The van der Waals surface area contributed by atoms with Gasteiger partial charge in [-0.1, -0.05) is 50.2 Å². The summed E-state index contributed by atoms with van der Waals surface area (Å²) in [6, 6.07) is 18.1. The van der Waals surface area contributed by atoms with Gasteiger partial charge in [0.1, 0.15) is 42.4 Å². The molecule has 5 aromatic rings. The zero-order valence-corrected chi connectivity index (χ0v) is 27.1. The van der Waals surface area contributed by atoms with E-state index in [0.29, 0.717) is 42.8 Å². The van der Waals surface area contributed by atoms with Crippen molar-refractivity contribution in [3.05, 3.63) is 83.9 Å². The van der Waals surface area contributed by atoms with Gasteiger partial charge in [-0.3, -0.25) is 5.10 Å². The van der Waals surface area contributed by atoms with Gasteiger partial charge in [-0.15, -0.1) is 0 Å². The van der Waals surface area contributed by atoms with E-state index in [-0.39, 0.29) is 12.3 Å². The van der Waals surface area contributed by atoms with Crippen LogP contribution in [0.15, 0.2) is 67.1 Å². The summed E-state index contributed by atoms with van der Waals surface area (Å²) in [4.78, 5) is 22.1. The average molecular weight is 616 g/mol. The topological polar surface area (TPSA) is 104 Å². The van der Waals surface area contributed by atoms with Crippen LogP contribution in [0, 0.1) is 0 Å². The van der Waals surface area contributed by atoms with Gasteiger partial charge in [-0.05, 0) is 66.5 Å². The number of esters is 1. The molecule has 0 amide bonds. The van der Waals surface area contributed by atoms with Gasteiger partial charge >= 0.3 is 5.97 Å². The van der Waals surface area contributed by atoms with E-state index in [1.807, 2.05) is 41.1 Å². The zero-order valence-electron chi connectivity index (χ0n) is 26.3. The van der Waals surface area contributed by atoms with E-state index in [2.05, 4.69) is 77.0 Å². The Kier molecular flexibility index (Phi) is 9.71. The van der Waals surface area contributed by atoms with Crippen molar-refractivity contribution in [2.45, 2.75) is 40.0 Å². The van der Waals surface area contributed by atoms with Crippen molar-refractivity contribution in [1.82, 2.24) is 24.7 Å². The molecule has 3 aromatic heterocycles. The second-order valence-electron chi connectivity index (χ2n) is 11.8. The molecule has 0 saturated carbocycles. The van der Waals surface area contributed by atoms with Gasteiger partial charge in [-0.25, -0.2) is 24.8 Å².